The van der Waals surface area contributed by atoms with E-state index in [2.05, 4.69) is 4.99 Å². The van der Waals surface area contributed by atoms with Crippen LogP contribution in [0.5, 0.6) is 0 Å². The summed E-state index contributed by atoms with van der Waals surface area (Å²) < 4.78 is 0. The van der Waals surface area contributed by atoms with Gasteiger partial charge in [-0.25, -0.2) is 0 Å². The van der Waals surface area contributed by atoms with Gasteiger partial charge in [0.05, 0.1) is 18.9 Å². The van der Waals surface area contributed by atoms with Crippen molar-refractivity contribution in [1.82, 2.24) is 4.90 Å². The van der Waals surface area contributed by atoms with Crippen molar-refractivity contribution in [3.8, 4) is 0 Å². The van der Waals surface area contributed by atoms with Gasteiger partial charge in [0.25, 0.3) is 0 Å². The minimum Gasteiger partial charge on any atom is -0.377 e. The van der Waals surface area contributed by atoms with Crippen LogP contribution in [-0.4, -0.2) is 41.3 Å². The van der Waals surface area contributed by atoms with E-state index in [0.29, 0.717) is 0 Å². The lowest BCUT2D eigenvalue weighted by Crippen LogP contribution is -2.48. The first-order valence-electron chi connectivity index (χ1n) is 8.19. The number of carbonyl (C=O) groups excluding carboxylic acids is 1. The highest BCUT2D eigenvalue weighted by Gasteiger charge is 2.46. The average molecular weight is 300 g/mol. The number of carbonyl (C=O) groups is 1. The summed E-state index contributed by atoms with van der Waals surface area (Å²) in [6.07, 6.45) is 4.03. The number of amidine groups is 1. The second kappa shape index (κ2) is 6.21. The summed E-state index contributed by atoms with van der Waals surface area (Å²) in [6.45, 7) is 3.69. The summed E-state index contributed by atoms with van der Waals surface area (Å²) in [5.74, 6) is 0.833. The van der Waals surface area contributed by atoms with Crippen LogP contribution < -0.4 is 0 Å². The van der Waals surface area contributed by atoms with Crippen molar-refractivity contribution in [2.45, 2.75) is 38.2 Å². The number of ketones is 1. The maximum absolute atomic E-state index is 13.0. The van der Waals surface area contributed by atoms with Crippen molar-refractivity contribution in [3.63, 3.8) is 0 Å². The summed E-state index contributed by atoms with van der Waals surface area (Å²) in [6, 6.07) is 9.46. The molecule has 0 aromatic heterocycles. The molecule has 1 N–H and O–H groups in total. The lowest BCUT2D eigenvalue weighted by atomic mass is 9.77. The molecule has 1 atom stereocenters. The van der Waals surface area contributed by atoms with E-state index in [1.165, 1.54) is 0 Å². The van der Waals surface area contributed by atoms with Crippen LogP contribution in [0.25, 0.3) is 0 Å². The Morgan fingerprint density at radius 1 is 1.32 bits per heavy atom. The van der Waals surface area contributed by atoms with Gasteiger partial charge in [-0.2, -0.15) is 0 Å². The topological polar surface area (TPSA) is 52.9 Å². The third-order valence-electron chi connectivity index (χ3n) is 5.09. The summed E-state index contributed by atoms with van der Waals surface area (Å²) in [5.41, 5.74) is -0.624. The molecule has 0 saturated heterocycles. The van der Waals surface area contributed by atoms with Crippen LogP contribution in [0.1, 0.15) is 38.2 Å². The third kappa shape index (κ3) is 2.68. The molecule has 1 saturated carbocycles. The summed E-state index contributed by atoms with van der Waals surface area (Å²) in [4.78, 5) is 19.3. The fraction of sp³-hybridized carbons (Fsp3) is 0.556. The van der Waals surface area contributed by atoms with Gasteiger partial charge in [0.1, 0.15) is 0 Å². The zero-order chi connectivity index (χ0) is 15.6. The molecule has 1 aliphatic carbocycles. The molecule has 2 aliphatic rings. The van der Waals surface area contributed by atoms with Crippen LogP contribution in [0.4, 0.5) is 0 Å². The molecule has 3 rings (SSSR count). The Hall–Kier alpha value is -1.68. The molecule has 1 fully saturated rings. The first-order chi connectivity index (χ1) is 10.6. The van der Waals surface area contributed by atoms with Crippen molar-refractivity contribution in [1.29, 1.82) is 0 Å². The summed E-state index contributed by atoms with van der Waals surface area (Å²) >= 11 is 0. The van der Waals surface area contributed by atoms with Gasteiger partial charge in [-0.1, -0.05) is 43.2 Å². The lowest BCUT2D eigenvalue weighted by molar-refractivity contribution is -0.145. The third-order valence-corrected chi connectivity index (χ3v) is 5.09. The molecule has 0 radical (unpaired) electrons. The quantitative estimate of drug-likeness (QED) is 0.908. The van der Waals surface area contributed by atoms with Crippen LogP contribution in [0, 0.1) is 5.92 Å². The number of rotatable bonds is 5. The fourth-order valence-corrected chi connectivity index (χ4v) is 3.74. The molecule has 0 unspecified atom stereocenters. The largest absolute Gasteiger partial charge is 0.377 e. The van der Waals surface area contributed by atoms with E-state index < -0.39 is 5.60 Å². The van der Waals surface area contributed by atoms with Crippen molar-refractivity contribution < 1.29 is 9.90 Å². The SMILES string of the molecule is CC1=NCCN1CC(=O)[C@](O)(c1ccccc1)C1CCCC1. The maximum atomic E-state index is 13.0. The molecule has 22 heavy (non-hydrogen) atoms. The number of nitrogens with zero attached hydrogens (tertiary/aromatic N) is 2. The van der Waals surface area contributed by atoms with E-state index in [1.54, 1.807) is 0 Å². The Balaban J connectivity index is 1.88. The number of hydrogen-bond donors (Lipinski definition) is 1. The summed E-state index contributed by atoms with van der Waals surface area (Å²) in [7, 11) is 0. The van der Waals surface area contributed by atoms with E-state index in [4.69, 9.17) is 0 Å². The van der Waals surface area contributed by atoms with Gasteiger partial charge in [0.15, 0.2) is 11.4 Å². The van der Waals surface area contributed by atoms with Gasteiger partial charge < -0.3 is 10.0 Å². The fourth-order valence-electron chi connectivity index (χ4n) is 3.74. The zero-order valence-corrected chi connectivity index (χ0v) is 13.2. The number of aliphatic imine (C=N–C) groups is 1. The minimum atomic E-state index is -1.36. The summed E-state index contributed by atoms with van der Waals surface area (Å²) in [5, 5.41) is 11.4. The smallest absolute Gasteiger partial charge is 0.188 e. The molecule has 4 heteroatoms. The average Bonchev–Trinajstić information content (AvgIpc) is 3.20. The van der Waals surface area contributed by atoms with Crippen LogP contribution in [0.2, 0.25) is 0 Å². The number of aliphatic hydroxyl groups is 1. The molecule has 1 aliphatic heterocycles. The monoisotopic (exact) mass is 300 g/mol. The molecule has 1 aromatic rings. The number of hydrogen-bond acceptors (Lipinski definition) is 4. The number of benzene rings is 1. The Morgan fingerprint density at radius 3 is 2.59 bits per heavy atom. The van der Waals surface area contributed by atoms with Crippen molar-refractivity contribution in [3.05, 3.63) is 35.9 Å². The standard InChI is InChI=1S/C18H24N2O2/c1-14-19-11-12-20(14)13-17(21)18(22,16-9-5-6-10-16)15-7-3-2-4-8-15/h2-4,7-8,16,22H,5-6,9-13H2,1H3/t18-/m0/s1. The van der Waals surface area contributed by atoms with Gasteiger partial charge in [0, 0.05) is 6.54 Å². The van der Waals surface area contributed by atoms with E-state index in [9.17, 15) is 9.90 Å². The van der Waals surface area contributed by atoms with Crippen molar-refractivity contribution >= 4 is 11.6 Å². The first kappa shape index (κ1) is 15.2. The highest BCUT2D eigenvalue weighted by molar-refractivity contribution is 5.94. The maximum Gasteiger partial charge on any atom is 0.188 e. The van der Waals surface area contributed by atoms with Crippen molar-refractivity contribution in [2.24, 2.45) is 10.9 Å². The first-order valence-corrected chi connectivity index (χ1v) is 8.19. The van der Waals surface area contributed by atoms with Gasteiger partial charge in [-0.3, -0.25) is 9.79 Å². The molecule has 118 valence electrons. The van der Waals surface area contributed by atoms with Crippen LogP contribution >= 0.6 is 0 Å². The molecular formula is C18H24N2O2. The van der Waals surface area contributed by atoms with E-state index in [1.807, 2.05) is 42.2 Å². The van der Waals surface area contributed by atoms with Crippen LogP contribution in [0.15, 0.2) is 35.3 Å². The predicted molar refractivity (Wildman–Crippen MR) is 86.9 cm³/mol. The number of Topliss-reactive ketones (excluding diaryl/α,β-unsaturated/α-hetero) is 1. The molecule has 0 amide bonds. The van der Waals surface area contributed by atoms with Crippen LogP contribution in [0.3, 0.4) is 0 Å². The Kier molecular flexibility index (Phi) is 4.30. The Bertz CT molecular complexity index is 564. The van der Waals surface area contributed by atoms with Gasteiger partial charge in [0.2, 0.25) is 0 Å². The molecular weight excluding hydrogens is 276 g/mol. The molecule has 1 heterocycles. The van der Waals surface area contributed by atoms with Crippen LogP contribution in [-0.2, 0) is 10.4 Å². The van der Waals surface area contributed by atoms with E-state index in [0.717, 1.165) is 50.2 Å². The Morgan fingerprint density at radius 2 is 2.00 bits per heavy atom. The molecule has 4 nitrogen and oxygen atoms in total. The van der Waals surface area contributed by atoms with Gasteiger partial charge >= 0.3 is 0 Å². The highest BCUT2D eigenvalue weighted by Crippen LogP contribution is 2.41. The van der Waals surface area contributed by atoms with Gasteiger partial charge in [-0.15, -0.1) is 0 Å². The highest BCUT2D eigenvalue weighted by atomic mass is 16.3. The second-order valence-corrected chi connectivity index (χ2v) is 6.39. The minimum absolute atomic E-state index is 0.0299. The van der Waals surface area contributed by atoms with Gasteiger partial charge in [-0.05, 0) is 31.2 Å². The predicted octanol–water partition coefficient (Wildman–Crippen LogP) is 2.37. The molecule has 0 bridgehead atoms. The lowest BCUT2D eigenvalue weighted by Gasteiger charge is -2.34. The molecule has 0 spiro atoms. The van der Waals surface area contributed by atoms with E-state index in [-0.39, 0.29) is 18.2 Å². The molecule has 1 aromatic carbocycles. The second-order valence-electron chi connectivity index (χ2n) is 6.39. The Labute approximate surface area is 131 Å². The zero-order valence-electron chi connectivity index (χ0n) is 13.2. The van der Waals surface area contributed by atoms with E-state index >= 15 is 0 Å². The van der Waals surface area contributed by atoms with Crippen molar-refractivity contribution in [2.75, 3.05) is 19.6 Å². The normalized spacial score (nSPS) is 21.7.